The van der Waals surface area contributed by atoms with Crippen LogP contribution in [-0.4, -0.2) is 23.8 Å². The van der Waals surface area contributed by atoms with Gasteiger partial charge in [0.2, 0.25) is 0 Å². The van der Waals surface area contributed by atoms with Crippen molar-refractivity contribution < 1.29 is 14.6 Å². The van der Waals surface area contributed by atoms with Crippen molar-refractivity contribution in [2.75, 3.05) is 6.61 Å². The van der Waals surface area contributed by atoms with E-state index in [-0.39, 0.29) is 29.5 Å². The van der Waals surface area contributed by atoms with Crippen LogP contribution in [0.5, 0.6) is 0 Å². The first-order valence-corrected chi connectivity index (χ1v) is 9.74. The van der Waals surface area contributed by atoms with Crippen LogP contribution in [0.25, 0.3) is 0 Å². The quantitative estimate of drug-likeness (QED) is 0.549. The van der Waals surface area contributed by atoms with Gasteiger partial charge < -0.3 is 9.84 Å². The largest absolute Gasteiger partial charge is 0.462 e. The minimum Gasteiger partial charge on any atom is -0.462 e. The van der Waals surface area contributed by atoms with Gasteiger partial charge in [0, 0.05) is 19.3 Å². The lowest BCUT2D eigenvalue weighted by molar-refractivity contribution is -0.160. The molecule has 2 rings (SSSR count). The zero-order valence-corrected chi connectivity index (χ0v) is 16.9. The number of carbonyl (C=O) groups is 1. The van der Waals surface area contributed by atoms with E-state index in [1.165, 1.54) is 37.3 Å². The Labute approximate surface area is 153 Å². The molecular formula is C22H36O3. The first-order chi connectivity index (χ1) is 11.6. The maximum Gasteiger partial charge on any atom is 0.302 e. The summed E-state index contributed by atoms with van der Waals surface area (Å²) in [6, 6.07) is 0. The topological polar surface area (TPSA) is 46.5 Å². The maximum absolute atomic E-state index is 11.7. The highest BCUT2D eigenvalue weighted by molar-refractivity contribution is 5.66. The molecule has 0 heterocycles. The lowest BCUT2D eigenvalue weighted by Gasteiger charge is -2.57. The molecule has 0 amide bonds. The number of ether oxygens (including phenoxy) is 1. The van der Waals surface area contributed by atoms with E-state index in [4.69, 9.17) is 9.84 Å². The van der Waals surface area contributed by atoms with Gasteiger partial charge in [-0.1, -0.05) is 50.0 Å². The van der Waals surface area contributed by atoms with Gasteiger partial charge in [0.25, 0.3) is 0 Å². The number of hydrogen-bond acceptors (Lipinski definition) is 3. The number of fused-ring (bicyclic) bond motifs is 1. The molecule has 3 unspecified atom stereocenters. The normalized spacial score (nSPS) is 32.4. The Hall–Kier alpha value is -1.09. The second-order valence-corrected chi connectivity index (χ2v) is 9.08. The predicted octanol–water partition coefficient (Wildman–Crippen LogP) is 5.19. The van der Waals surface area contributed by atoms with Gasteiger partial charge in [0.15, 0.2) is 0 Å². The minimum atomic E-state index is -0.160. The average molecular weight is 349 g/mol. The van der Waals surface area contributed by atoms with Crippen LogP contribution in [0.2, 0.25) is 0 Å². The fraction of sp³-hybridized carbons (Fsp3) is 0.773. The molecule has 0 spiro atoms. The highest BCUT2D eigenvalue weighted by atomic mass is 16.5. The van der Waals surface area contributed by atoms with Crippen LogP contribution in [0.3, 0.4) is 0 Å². The number of allylic oxidation sites excluding steroid dienone is 2. The lowest BCUT2D eigenvalue weighted by atomic mass is 9.49. The smallest absolute Gasteiger partial charge is 0.302 e. The molecule has 3 heteroatoms. The number of aliphatic hydroxyl groups excluding tert-OH is 1. The van der Waals surface area contributed by atoms with Crippen LogP contribution in [0.15, 0.2) is 22.8 Å². The lowest BCUT2D eigenvalue weighted by Crippen LogP contribution is -2.53. The molecular weight excluding hydrogens is 312 g/mol. The fourth-order valence-corrected chi connectivity index (χ4v) is 5.77. The first-order valence-electron chi connectivity index (χ1n) is 9.74. The van der Waals surface area contributed by atoms with E-state index in [2.05, 4.69) is 34.6 Å². The van der Waals surface area contributed by atoms with E-state index in [1.54, 1.807) is 5.57 Å². The Balaban J connectivity index is 2.38. The van der Waals surface area contributed by atoms with Crippen LogP contribution >= 0.6 is 0 Å². The molecule has 1 saturated carbocycles. The summed E-state index contributed by atoms with van der Waals surface area (Å²) in [4.78, 5) is 11.7. The Kier molecular flexibility index (Phi) is 6.19. The average Bonchev–Trinajstić information content (AvgIpc) is 2.44. The predicted molar refractivity (Wildman–Crippen MR) is 102 cm³/mol. The SMILES string of the molecule is CC(=O)OC1CC(C)=C(CCC(C)=CCO)C2(C)CCCC(C)(C)C12. The zero-order valence-electron chi connectivity index (χ0n) is 16.9. The van der Waals surface area contributed by atoms with Gasteiger partial charge in [0.1, 0.15) is 6.10 Å². The van der Waals surface area contributed by atoms with Crippen molar-refractivity contribution in [3.8, 4) is 0 Å². The maximum atomic E-state index is 11.7. The molecule has 0 aliphatic heterocycles. The van der Waals surface area contributed by atoms with E-state index in [0.717, 1.165) is 19.3 Å². The van der Waals surface area contributed by atoms with Crippen LogP contribution in [-0.2, 0) is 9.53 Å². The van der Waals surface area contributed by atoms with Gasteiger partial charge in [0.05, 0.1) is 6.61 Å². The number of carbonyl (C=O) groups excluding carboxylic acids is 1. The van der Waals surface area contributed by atoms with Crippen molar-refractivity contribution in [2.24, 2.45) is 16.7 Å². The molecule has 0 radical (unpaired) electrons. The molecule has 3 atom stereocenters. The third-order valence-electron chi connectivity index (χ3n) is 6.66. The molecule has 0 aromatic heterocycles. The Morgan fingerprint density at radius 2 is 1.96 bits per heavy atom. The van der Waals surface area contributed by atoms with E-state index in [9.17, 15) is 4.79 Å². The van der Waals surface area contributed by atoms with E-state index in [0.29, 0.717) is 5.92 Å². The number of rotatable bonds is 5. The molecule has 0 saturated heterocycles. The molecule has 0 aromatic carbocycles. The van der Waals surface area contributed by atoms with Gasteiger partial charge in [-0.05, 0) is 50.4 Å². The summed E-state index contributed by atoms with van der Waals surface area (Å²) < 4.78 is 5.83. The number of aliphatic hydroxyl groups is 1. The van der Waals surface area contributed by atoms with Gasteiger partial charge in [-0.3, -0.25) is 4.79 Å². The highest BCUT2D eigenvalue weighted by Gasteiger charge is 2.55. The van der Waals surface area contributed by atoms with Crippen molar-refractivity contribution >= 4 is 5.97 Å². The highest BCUT2D eigenvalue weighted by Crippen LogP contribution is 2.61. The summed E-state index contributed by atoms with van der Waals surface area (Å²) in [7, 11) is 0. The van der Waals surface area contributed by atoms with Crippen LogP contribution in [0.4, 0.5) is 0 Å². The summed E-state index contributed by atoms with van der Waals surface area (Å²) in [5.74, 6) is 0.213. The van der Waals surface area contributed by atoms with Gasteiger partial charge in [-0.25, -0.2) is 0 Å². The van der Waals surface area contributed by atoms with E-state index < -0.39 is 0 Å². The zero-order chi connectivity index (χ0) is 18.8. The van der Waals surface area contributed by atoms with E-state index >= 15 is 0 Å². The van der Waals surface area contributed by atoms with Gasteiger partial charge in [-0.15, -0.1) is 0 Å². The summed E-state index contributed by atoms with van der Waals surface area (Å²) in [6.45, 7) is 13.1. The molecule has 142 valence electrons. The fourth-order valence-electron chi connectivity index (χ4n) is 5.77. The minimum absolute atomic E-state index is 0.00405. The monoisotopic (exact) mass is 348 g/mol. The van der Waals surface area contributed by atoms with Crippen molar-refractivity contribution in [2.45, 2.75) is 86.2 Å². The Morgan fingerprint density at radius 3 is 2.56 bits per heavy atom. The summed E-state index contributed by atoms with van der Waals surface area (Å²) >= 11 is 0. The Morgan fingerprint density at radius 1 is 1.28 bits per heavy atom. The van der Waals surface area contributed by atoms with Crippen molar-refractivity contribution in [1.29, 1.82) is 0 Å². The van der Waals surface area contributed by atoms with Crippen LogP contribution in [0.1, 0.15) is 80.1 Å². The summed E-state index contributed by atoms with van der Waals surface area (Å²) in [5.41, 5.74) is 4.50. The molecule has 3 nitrogen and oxygen atoms in total. The van der Waals surface area contributed by atoms with Gasteiger partial charge in [-0.2, -0.15) is 0 Å². The van der Waals surface area contributed by atoms with Crippen molar-refractivity contribution in [3.63, 3.8) is 0 Å². The third kappa shape index (κ3) is 4.19. The Bertz CT molecular complexity index is 570. The second kappa shape index (κ2) is 7.65. The first kappa shape index (κ1) is 20.2. The summed E-state index contributed by atoms with van der Waals surface area (Å²) in [5, 5.41) is 9.11. The molecule has 0 aromatic rings. The van der Waals surface area contributed by atoms with Crippen LogP contribution < -0.4 is 0 Å². The third-order valence-corrected chi connectivity index (χ3v) is 6.66. The molecule has 2 aliphatic carbocycles. The van der Waals surface area contributed by atoms with E-state index in [1.807, 2.05) is 6.08 Å². The van der Waals surface area contributed by atoms with Crippen molar-refractivity contribution in [1.82, 2.24) is 0 Å². The number of hydrogen-bond donors (Lipinski definition) is 1. The molecule has 2 aliphatic rings. The second-order valence-electron chi connectivity index (χ2n) is 9.08. The molecule has 25 heavy (non-hydrogen) atoms. The molecule has 0 bridgehead atoms. The van der Waals surface area contributed by atoms with Gasteiger partial charge >= 0.3 is 5.97 Å². The summed E-state index contributed by atoms with van der Waals surface area (Å²) in [6.07, 6.45) is 8.41. The standard InChI is InChI=1S/C22H36O3/c1-15(10-13-23)8-9-18-16(2)14-19(25-17(3)24)20-21(4,5)11-7-12-22(18,20)6/h10,19-20,23H,7-9,11-14H2,1-6H3. The molecule has 1 fully saturated rings. The van der Waals surface area contributed by atoms with Crippen molar-refractivity contribution in [3.05, 3.63) is 22.8 Å². The molecule has 1 N–H and O–H groups in total. The number of esters is 1. The van der Waals surface area contributed by atoms with Crippen LogP contribution in [0, 0.1) is 16.7 Å².